The summed E-state index contributed by atoms with van der Waals surface area (Å²) >= 11 is 6.24. The zero-order valence-corrected chi connectivity index (χ0v) is 18.8. The normalized spacial score (nSPS) is 11.5. The molecule has 31 heavy (non-hydrogen) atoms. The minimum Gasteiger partial charge on any atom is -0.337 e. The molecule has 0 unspecified atom stereocenters. The van der Waals surface area contributed by atoms with Gasteiger partial charge in [-0.2, -0.15) is 0 Å². The van der Waals surface area contributed by atoms with Crippen molar-refractivity contribution in [3.8, 4) is 0 Å². The Balaban J connectivity index is 1.78. The fourth-order valence-electron chi connectivity index (χ4n) is 3.03. The lowest BCUT2D eigenvalue weighted by molar-refractivity contribution is 0.601. The highest BCUT2D eigenvalue weighted by molar-refractivity contribution is 7.92. The molecular formula is C23H21ClN4O2S. The van der Waals surface area contributed by atoms with E-state index >= 15 is 0 Å². The van der Waals surface area contributed by atoms with Crippen LogP contribution in [0.15, 0.2) is 65.6 Å². The number of hydrogen-bond donors (Lipinski definition) is 2. The molecule has 0 aliphatic rings. The molecular weight excluding hydrogens is 432 g/mol. The van der Waals surface area contributed by atoms with E-state index in [1.54, 1.807) is 30.3 Å². The molecule has 1 heterocycles. The van der Waals surface area contributed by atoms with E-state index in [-0.39, 0.29) is 16.5 Å². The maximum absolute atomic E-state index is 13.1. The molecule has 0 saturated carbocycles. The van der Waals surface area contributed by atoms with E-state index in [0.717, 1.165) is 16.7 Å². The van der Waals surface area contributed by atoms with Gasteiger partial charge in [-0.1, -0.05) is 35.9 Å². The van der Waals surface area contributed by atoms with Gasteiger partial charge in [-0.25, -0.2) is 18.4 Å². The third-order valence-corrected chi connectivity index (χ3v) is 6.77. The van der Waals surface area contributed by atoms with Crippen LogP contribution in [0.2, 0.25) is 5.02 Å². The number of benzene rings is 3. The third kappa shape index (κ3) is 4.47. The average molecular weight is 453 g/mol. The van der Waals surface area contributed by atoms with Crippen molar-refractivity contribution in [2.45, 2.75) is 25.7 Å². The van der Waals surface area contributed by atoms with E-state index in [9.17, 15) is 8.42 Å². The molecule has 0 saturated heterocycles. The number of anilines is 3. The number of aromatic nitrogens is 2. The first-order valence-corrected chi connectivity index (χ1v) is 11.5. The Labute approximate surface area is 186 Å². The molecule has 158 valence electrons. The van der Waals surface area contributed by atoms with Crippen molar-refractivity contribution >= 4 is 50.0 Å². The van der Waals surface area contributed by atoms with Crippen molar-refractivity contribution in [2.75, 3.05) is 10.0 Å². The Hall–Kier alpha value is -3.16. The fourth-order valence-corrected chi connectivity index (χ4v) is 4.31. The van der Waals surface area contributed by atoms with Gasteiger partial charge in [0, 0.05) is 10.7 Å². The van der Waals surface area contributed by atoms with Gasteiger partial charge in [-0.15, -0.1) is 0 Å². The molecule has 0 bridgehead atoms. The maximum atomic E-state index is 13.1. The monoisotopic (exact) mass is 452 g/mol. The van der Waals surface area contributed by atoms with Crippen molar-refractivity contribution in [1.29, 1.82) is 0 Å². The predicted molar refractivity (Wildman–Crippen MR) is 126 cm³/mol. The van der Waals surface area contributed by atoms with Crippen LogP contribution in [0.5, 0.6) is 0 Å². The molecule has 4 aromatic rings. The number of para-hydroxylation sites is 2. The smallest absolute Gasteiger partial charge is 0.263 e. The van der Waals surface area contributed by atoms with Crippen LogP contribution in [0.4, 0.5) is 17.3 Å². The van der Waals surface area contributed by atoms with Crippen LogP contribution in [0.3, 0.4) is 0 Å². The summed E-state index contributed by atoms with van der Waals surface area (Å²) in [5.74, 6) is 0.389. The number of aryl methyl sites for hydroxylation is 3. The number of nitrogens with one attached hydrogen (secondary N) is 2. The van der Waals surface area contributed by atoms with Crippen LogP contribution in [0.25, 0.3) is 11.0 Å². The van der Waals surface area contributed by atoms with E-state index < -0.39 is 10.0 Å². The maximum Gasteiger partial charge on any atom is 0.263 e. The van der Waals surface area contributed by atoms with E-state index in [2.05, 4.69) is 20.0 Å². The molecule has 0 atom stereocenters. The lowest BCUT2D eigenvalue weighted by Gasteiger charge is -2.15. The summed E-state index contributed by atoms with van der Waals surface area (Å²) < 4.78 is 28.7. The Morgan fingerprint density at radius 3 is 2.06 bits per heavy atom. The van der Waals surface area contributed by atoms with Gasteiger partial charge in [-0.05, 0) is 73.9 Å². The molecule has 0 aliphatic heterocycles. The van der Waals surface area contributed by atoms with Gasteiger partial charge < -0.3 is 5.32 Å². The predicted octanol–water partition coefficient (Wildman–Crippen LogP) is 5.75. The summed E-state index contributed by atoms with van der Waals surface area (Å²) in [6, 6.07) is 17.7. The highest BCUT2D eigenvalue weighted by Crippen LogP contribution is 2.29. The molecule has 0 amide bonds. The molecule has 1 aromatic heterocycles. The van der Waals surface area contributed by atoms with Crippen LogP contribution in [-0.4, -0.2) is 18.4 Å². The quantitative estimate of drug-likeness (QED) is 0.402. The Kier molecular flexibility index (Phi) is 5.56. The summed E-state index contributed by atoms with van der Waals surface area (Å²) in [6.07, 6.45) is 0. The van der Waals surface area contributed by atoms with E-state index in [1.807, 2.05) is 51.1 Å². The van der Waals surface area contributed by atoms with Crippen LogP contribution in [0.1, 0.15) is 16.7 Å². The minimum absolute atomic E-state index is 0.105. The van der Waals surface area contributed by atoms with Gasteiger partial charge in [-0.3, -0.25) is 4.72 Å². The molecule has 0 radical (unpaired) electrons. The Morgan fingerprint density at radius 1 is 0.774 bits per heavy atom. The van der Waals surface area contributed by atoms with Gasteiger partial charge in [0.05, 0.1) is 15.9 Å². The first kappa shape index (κ1) is 21.1. The third-order valence-electron chi connectivity index (χ3n) is 5.02. The number of nitrogens with zero attached hydrogens (tertiary/aromatic N) is 2. The van der Waals surface area contributed by atoms with Gasteiger partial charge in [0.2, 0.25) is 0 Å². The lowest BCUT2D eigenvalue weighted by Crippen LogP contribution is -2.16. The minimum atomic E-state index is -3.87. The largest absolute Gasteiger partial charge is 0.337 e. The second-order valence-corrected chi connectivity index (χ2v) is 9.44. The first-order chi connectivity index (χ1) is 14.7. The summed E-state index contributed by atoms with van der Waals surface area (Å²) in [5.41, 5.74) is 4.73. The van der Waals surface area contributed by atoms with Crippen molar-refractivity contribution in [2.24, 2.45) is 0 Å². The number of sulfonamides is 1. The molecule has 0 aliphatic carbocycles. The fraction of sp³-hybridized carbons (Fsp3) is 0.130. The van der Waals surface area contributed by atoms with Gasteiger partial charge in [0.15, 0.2) is 11.6 Å². The number of halogens is 1. The van der Waals surface area contributed by atoms with Crippen molar-refractivity contribution in [3.05, 3.63) is 82.4 Å². The molecule has 3 aromatic carbocycles. The summed E-state index contributed by atoms with van der Waals surface area (Å²) in [6.45, 7) is 5.71. The van der Waals surface area contributed by atoms with Crippen LogP contribution >= 0.6 is 11.6 Å². The number of rotatable bonds is 5. The van der Waals surface area contributed by atoms with Crippen molar-refractivity contribution in [3.63, 3.8) is 0 Å². The van der Waals surface area contributed by atoms with E-state index in [0.29, 0.717) is 21.7 Å². The molecule has 6 nitrogen and oxygen atoms in total. The topological polar surface area (TPSA) is 84.0 Å². The highest BCUT2D eigenvalue weighted by Gasteiger charge is 2.19. The highest BCUT2D eigenvalue weighted by atomic mass is 35.5. The SMILES string of the molecule is Cc1ccc(S(=O)(=O)Nc2nc3ccccc3nc2Nc2ccc(C)c(Cl)c2)cc1C. The van der Waals surface area contributed by atoms with Crippen molar-refractivity contribution < 1.29 is 8.42 Å². The summed E-state index contributed by atoms with van der Waals surface area (Å²) in [7, 11) is -3.87. The Bertz CT molecular complexity index is 1400. The molecule has 2 N–H and O–H groups in total. The first-order valence-electron chi connectivity index (χ1n) is 9.63. The van der Waals surface area contributed by atoms with Gasteiger partial charge in [0.25, 0.3) is 10.0 Å². The molecule has 8 heteroatoms. The molecule has 0 fully saturated rings. The van der Waals surface area contributed by atoms with Gasteiger partial charge >= 0.3 is 0 Å². The zero-order valence-electron chi connectivity index (χ0n) is 17.3. The van der Waals surface area contributed by atoms with Crippen LogP contribution < -0.4 is 10.0 Å². The van der Waals surface area contributed by atoms with Crippen LogP contribution in [-0.2, 0) is 10.0 Å². The number of hydrogen-bond acceptors (Lipinski definition) is 5. The second-order valence-electron chi connectivity index (χ2n) is 7.35. The zero-order chi connectivity index (χ0) is 22.2. The lowest BCUT2D eigenvalue weighted by atomic mass is 10.1. The number of fused-ring (bicyclic) bond motifs is 1. The van der Waals surface area contributed by atoms with Crippen molar-refractivity contribution in [1.82, 2.24) is 9.97 Å². The van der Waals surface area contributed by atoms with Gasteiger partial charge in [0.1, 0.15) is 0 Å². The Morgan fingerprint density at radius 2 is 1.42 bits per heavy atom. The standard InChI is InChI=1S/C23H21ClN4O2S/c1-14-9-11-18(12-16(14)3)31(29,30)28-23-22(25-17-10-8-15(2)19(24)13-17)26-20-6-4-5-7-21(20)27-23/h4-13H,1-3H3,(H,25,26)(H,27,28). The average Bonchev–Trinajstić information content (AvgIpc) is 2.73. The summed E-state index contributed by atoms with van der Waals surface area (Å²) in [4.78, 5) is 9.26. The van der Waals surface area contributed by atoms with Crippen LogP contribution in [0, 0.1) is 20.8 Å². The van der Waals surface area contributed by atoms with E-state index in [4.69, 9.17) is 11.6 Å². The summed E-state index contributed by atoms with van der Waals surface area (Å²) in [5, 5.41) is 3.74. The second kappa shape index (κ2) is 8.17. The molecule has 4 rings (SSSR count). The molecule has 0 spiro atoms. The van der Waals surface area contributed by atoms with E-state index in [1.165, 1.54) is 0 Å².